The van der Waals surface area contributed by atoms with E-state index in [1.807, 2.05) is 38.1 Å². The predicted molar refractivity (Wildman–Crippen MR) is 126 cm³/mol. The Kier molecular flexibility index (Phi) is 9.58. The first kappa shape index (κ1) is 26.8. The van der Waals surface area contributed by atoms with Gasteiger partial charge in [-0.25, -0.2) is 0 Å². The average molecular weight is 476 g/mol. The number of carbonyl (C=O) groups excluding carboxylic acids is 3. The maximum Gasteiger partial charge on any atom is 0.322 e. The molecule has 1 heterocycles. The Morgan fingerprint density at radius 1 is 1.00 bits per heavy atom. The number of amides is 3. The van der Waals surface area contributed by atoms with Gasteiger partial charge in [-0.15, -0.1) is 0 Å². The van der Waals surface area contributed by atoms with Gasteiger partial charge < -0.3 is 36.9 Å². The van der Waals surface area contributed by atoms with Crippen LogP contribution < -0.4 is 21.7 Å². The molecule has 0 saturated heterocycles. The largest absolute Gasteiger partial charge is 0.480 e. The summed E-state index contributed by atoms with van der Waals surface area (Å²) in [5.41, 5.74) is 7.29. The molecule has 1 aromatic heterocycles. The van der Waals surface area contributed by atoms with E-state index in [0.29, 0.717) is 0 Å². The van der Waals surface area contributed by atoms with Gasteiger partial charge in [-0.3, -0.25) is 19.2 Å². The lowest BCUT2D eigenvalue weighted by Crippen LogP contribution is -2.58. The van der Waals surface area contributed by atoms with E-state index in [9.17, 15) is 24.3 Å². The predicted octanol–water partition coefficient (Wildman–Crippen LogP) is -0.365. The Bertz CT molecular complexity index is 1020. The lowest BCUT2D eigenvalue weighted by Gasteiger charge is -2.25. The van der Waals surface area contributed by atoms with Crippen molar-refractivity contribution in [1.29, 1.82) is 0 Å². The fourth-order valence-electron chi connectivity index (χ4n) is 3.48. The van der Waals surface area contributed by atoms with Crippen LogP contribution in [0.4, 0.5) is 0 Å². The van der Waals surface area contributed by atoms with Crippen LogP contribution in [0, 0.1) is 5.92 Å². The van der Waals surface area contributed by atoms with Gasteiger partial charge in [0.25, 0.3) is 0 Å². The maximum atomic E-state index is 13.1. The van der Waals surface area contributed by atoms with Crippen LogP contribution in [-0.2, 0) is 25.6 Å². The number of aliphatic hydroxyl groups excluding tert-OH is 1. The van der Waals surface area contributed by atoms with Gasteiger partial charge in [-0.05, 0) is 30.9 Å². The minimum atomic E-state index is -1.22. The highest BCUT2D eigenvalue weighted by molar-refractivity contribution is 5.94. The molecule has 2 rings (SSSR count). The molecule has 0 radical (unpaired) electrons. The summed E-state index contributed by atoms with van der Waals surface area (Å²) in [6.45, 7) is 4.49. The van der Waals surface area contributed by atoms with Crippen molar-refractivity contribution in [2.75, 3.05) is 6.54 Å². The second-order valence-electron chi connectivity index (χ2n) is 8.69. The van der Waals surface area contributed by atoms with E-state index in [0.717, 1.165) is 16.5 Å². The SMILES string of the molecule is CC(C)CC(NC(=O)C(N)C(C)O)C(=O)NC(Cc1c[nH]c2ccccc12)C(=O)NCC(=O)O. The van der Waals surface area contributed by atoms with E-state index in [2.05, 4.69) is 20.9 Å². The molecule has 11 nitrogen and oxygen atoms in total. The zero-order valence-electron chi connectivity index (χ0n) is 19.5. The monoisotopic (exact) mass is 475 g/mol. The molecule has 2 aromatic rings. The summed E-state index contributed by atoms with van der Waals surface area (Å²) in [5, 5.41) is 26.9. The zero-order valence-corrected chi connectivity index (χ0v) is 19.5. The zero-order chi connectivity index (χ0) is 25.4. The van der Waals surface area contributed by atoms with Crippen molar-refractivity contribution in [3.63, 3.8) is 0 Å². The number of benzene rings is 1. The molecule has 3 amide bonds. The van der Waals surface area contributed by atoms with E-state index in [4.69, 9.17) is 10.8 Å². The Morgan fingerprint density at radius 2 is 1.65 bits per heavy atom. The lowest BCUT2D eigenvalue weighted by atomic mass is 10.00. The van der Waals surface area contributed by atoms with Crippen LogP contribution in [0.3, 0.4) is 0 Å². The molecule has 34 heavy (non-hydrogen) atoms. The number of aromatic nitrogens is 1. The highest BCUT2D eigenvalue weighted by Crippen LogP contribution is 2.19. The van der Waals surface area contributed by atoms with Crippen LogP contribution in [0.2, 0.25) is 0 Å². The number of carbonyl (C=O) groups is 4. The summed E-state index contributed by atoms with van der Waals surface area (Å²) in [5.74, 6) is -3.18. The Hall–Kier alpha value is -3.44. The van der Waals surface area contributed by atoms with Crippen molar-refractivity contribution >= 4 is 34.6 Å². The second kappa shape index (κ2) is 12.1. The Morgan fingerprint density at radius 3 is 2.26 bits per heavy atom. The van der Waals surface area contributed by atoms with Crippen LogP contribution in [0.5, 0.6) is 0 Å². The summed E-state index contributed by atoms with van der Waals surface area (Å²) in [6, 6.07) is 4.13. The van der Waals surface area contributed by atoms with Gasteiger partial charge in [0.05, 0.1) is 6.10 Å². The molecule has 186 valence electrons. The van der Waals surface area contributed by atoms with Crippen molar-refractivity contribution in [2.45, 2.75) is 57.8 Å². The number of nitrogens with one attached hydrogen (secondary N) is 4. The van der Waals surface area contributed by atoms with Crippen molar-refractivity contribution in [2.24, 2.45) is 11.7 Å². The van der Waals surface area contributed by atoms with Crippen LogP contribution in [0.1, 0.15) is 32.8 Å². The van der Waals surface area contributed by atoms with E-state index < -0.39 is 54.5 Å². The molecular weight excluding hydrogens is 442 g/mol. The van der Waals surface area contributed by atoms with Crippen molar-refractivity contribution in [3.8, 4) is 0 Å². The van der Waals surface area contributed by atoms with Gasteiger partial charge in [0.15, 0.2) is 0 Å². The van der Waals surface area contributed by atoms with Crippen molar-refractivity contribution < 1.29 is 29.4 Å². The number of hydrogen-bond acceptors (Lipinski definition) is 6. The third kappa shape index (κ3) is 7.56. The first-order chi connectivity index (χ1) is 16.0. The highest BCUT2D eigenvalue weighted by atomic mass is 16.4. The molecule has 0 saturated carbocycles. The number of carboxylic acid groups (broad SMARTS) is 1. The first-order valence-electron chi connectivity index (χ1n) is 11.1. The van der Waals surface area contributed by atoms with Gasteiger partial charge in [0.2, 0.25) is 17.7 Å². The molecule has 4 unspecified atom stereocenters. The maximum absolute atomic E-state index is 13.1. The second-order valence-corrected chi connectivity index (χ2v) is 8.69. The van der Waals surface area contributed by atoms with Crippen molar-refractivity contribution in [3.05, 3.63) is 36.0 Å². The standard InChI is InChI=1S/C23H33N5O6/c1-12(2)8-17(28-23(34)20(24)13(3)29)22(33)27-18(21(32)26-11-19(30)31)9-14-10-25-16-7-5-4-6-15(14)16/h4-7,10,12-13,17-18,20,25,29H,8-9,11,24H2,1-3H3,(H,26,32)(H,27,33)(H,28,34)(H,30,31). The molecular formula is C23H33N5O6. The summed E-state index contributed by atoms with van der Waals surface area (Å²) in [6.07, 6.45) is 0.972. The molecule has 0 aliphatic heterocycles. The fourth-order valence-corrected chi connectivity index (χ4v) is 3.48. The molecule has 0 aliphatic rings. The minimum Gasteiger partial charge on any atom is -0.480 e. The van der Waals surface area contributed by atoms with Crippen LogP contribution >= 0.6 is 0 Å². The quantitative estimate of drug-likeness (QED) is 0.218. The van der Waals surface area contributed by atoms with E-state index >= 15 is 0 Å². The number of carboxylic acids is 1. The number of nitrogens with two attached hydrogens (primary N) is 1. The molecule has 8 N–H and O–H groups in total. The number of fused-ring (bicyclic) bond motifs is 1. The number of H-pyrrole nitrogens is 1. The first-order valence-corrected chi connectivity index (χ1v) is 11.1. The molecule has 4 atom stereocenters. The molecule has 0 bridgehead atoms. The topological polar surface area (TPSA) is 187 Å². The third-order valence-electron chi connectivity index (χ3n) is 5.31. The number of aliphatic hydroxyl groups is 1. The summed E-state index contributed by atoms with van der Waals surface area (Å²) in [7, 11) is 0. The summed E-state index contributed by atoms with van der Waals surface area (Å²) in [4.78, 5) is 52.3. The molecule has 1 aromatic carbocycles. The van der Waals surface area contributed by atoms with Crippen LogP contribution in [0.25, 0.3) is 10.9 Å². The Balaban J connectivity index is 2.25. The fraction of sp³-hybridized carbons (Fsp3) is 0.478. The average Bonchev–Trinajstić information content (AvgIpc) is 3.18. The molecule has 11 heteroatoms. The van der Waals surface area contributed by atoms with E-state index in [1.165, 1.54) is 6.92 Å². The lowest BCUT2D eigenvalue weighted by molar-refractivity contribution is -0.138. The van der Waals surface area contributed by atoms with Gasteiger partial charge in [0.1, 0.15) is 24.7 Å². The van der Waals surface area contributed by atoms with Crippen molar-refractivity contribution in [1.82, 2.24) is 20.9 Å². The van der Waals surface area contributed by atoms with Gasteiger partial charge >= 0.3 is 5.97 Å². The van der Waals surface area contributed by atoms with E-state index in [-0.39, 0.29) is 18.8 Å². The number of rotatable bonds is 12. The van der Waals surface area contributed by atoms with Crippen LogP contribution in [0.15, 0.2) is 30.5 Å². The van der Waals surface area contributed by atoms with Gasteiger partial charge in [-0.2, -0.15) is 0 Å². The number of aromatic amines is 1. The smallest absolute Gasteiger partial charge is 0.322 e. The van der Waals surface area contributed by atoms with Gasteiger partial charge in [-0.1, -0.05) is 32.0 Å². The normalized spacial score (nSPS) is 14.8. The third-order valence-corrected chi connectivity index (χ3v) is 5.31. The highest BCUT2D eigenvalue weighted by Gasteiger charge is 2.30. The molecule has 0 aliphatic carbocycles. The summed E-state index contributed by atoms with van der Waals surface area (Å²) < 4.78 is 0. The van der Waals surface area contributed by atoms with E-state index in [1.54, 1.807) is 6.20 Å². The number of aliphatic carboxylic acids is 1. The van der Waals surface area contributed by atoms with Gasteiger partial charge in [0, 0.05) is 23.5 Å². The Labute approximate surface area is 197 Å². The van der Waals surface area contributed by atoms with Crippen LogP contribution in [-0.4, -0.2) is 69.7 Å². The molecule has 0 fully saturated rings. The minimum absolute atomic E-state index is 0.0201. The summed E-state index contributed by atoms with van der Waals surface area (Å²) >= 11 is 0. The number of hydrogen-bond donors (Lipinski definition) is 7. The number of para-hydroxylation sites is 1. The molecule has 0 spiro atoms.